The predicted octanol–water partition coefficient (Wildman–Crippen LogP) is 2.77. The molecule has 1 aliphatic rings. The second-order valence-corrected chi connectivity index (χ2v) is 8.55. The van der Waals surface area contributed by atoms with Crippen LogP contribution in [0.5, 0.6) is 0 Å². The van der Waals surface area contributed by atoms with Gasteiger partial charge in [0.05, 0.1) is 19.0 Å². The number of nitrogens with one attached hydrogen (secondary N) is 2. The van der Waals surface area contributed by atoms with Crippen molar-refractivity contribution in [3.63, 3.8) is 0 Å². The molecule has 1 fully saturated rings. The summed E-state index contributed by atoms with van der Waals surface area (Å²) in [6.45, 7) is 5.98. The fourth-order valence-corrected chi connectivity index (χ4v) is 4.61. The molecule has 1 unspecified atom stereocenters. The first kappa shape index (κ1) is 19.8. The highest BCUT2D eigenvalue weighted by Gasteiger charge is 2.25. The van der Waals surface area contributed by atoms with Gasteiger partial charge in [-0.3, -0.25) is 4.68 Å². The van der Waals surface area contributed by atoms with Crippen molar-refractivity contribution in [2.24, 2.45) is 7.05 Å². The molecule has 0 aliphatic carbocycles. The Kier molecular flexibility index (Phi) is 6.03. The Morgan fingerprint density at radius 2 is 1.86 bits per heavy atom. The SMILES string of the molecule is CO[S+](Nc1cn(C)nc1C)c1ccc(-c2ccnc(N3CCNCC3)c2)cc1. The summed E-state index contributed by atoms with van der Waals surface area (Å²) in [6.07, 6.45) is 3.87. The number of hydrogen-bond donors (Lipinski definition) is 2. The number of hydrogen-bond acceptors (Lipinski definition) is 6. The van der Waals surface area contributed by atoms with E-state index >= 15 is 0 Å². The van der Waals surface area contributed by atoms with E-state index in [1.807, 2.05) is 26.4 Å². The third-order valence-corrected chi connectivity index (χ3v) is 6.41. The zero-order valence-corrected chi connectivity index (χ0v) is 17.9. The summed E-state index contributed by atoms with van der Waals surface area (Å²) < 4.78 is 11.0. The summed E-state index contributed by atoms with van der Waals surface area (Å²) >= 11 is -0.547. The minimum Gasteiger partial charge on any atom is -0.354 e. The lowest BCUT2D eigenvalue weighted by atomic mass is 10.1. The zero-order valence-electron chi connectivity index (χ0n) is 17.1. The summed E-state index contributed by atoms with van der Waals surface area (Å²) in [7, 11) is 3.64. The van der Waals surface area contributed by atoms with Crippen LogP contribution in [0.15, 0.2) is 53.7 Å². The van der Waals surface area contributed by atoms with Crippen LogP contribution in [0.2, 0.25) is 0 Å². The maximum Gasteiger partial charge on any atom is 0.305 e. The second-order valence-electron chi connectivity index (χ2n) is 7.00. The number of pyridine rings is 1. The van der Waals surface area contributed by atoms with E-state index in [-0.39, 0.29) is 0 Å². The van der Waals surface area contributed by atoms with Gasteiger partial charge in [0.15, 0.2) is 0 Å². The van der Waals surface area contributed by atoms with Crippen molar-refractivity contribution in [1.82, 2.24) is 20.1 Å². The van der Waals surface area contributed by atoms with Crippen LogP contribution in [0, 0.1) is 6.92 Å². The minimum atomic E-state index is -0.547. The molecule has 0 saturated carbocycles. The van der Waals surface area contributed by atoms with Crippen molar-refractivity contribution >= 4 is 22.9 Å². The number of benzene rings is 1. The average molecular weight is 412 g/mol. The van der Waals surface area contributed by atoms with Crippen molar-refractivity contribution in [3.8, 4) is 11.1 Å². The van der Waals surface area contributed by atoms with Gasteiger partial charge < -0.3 is 10.2 Å². The highest BCUT2D eigenvalue weighted by atomic mass is 32.2. The van der Waals surface area contributed by atoms with E-state index in [1.54, 1.807) is 11.8 Å². The van der Waals surface area contributed by atoms with Gasteiger partial charge in [0.25, 0.3) is 0 Å². The van der Waals surface area contributed by atoms with E-state index in [9.17, 15) is 0 Å². The summed E-state index contributed by atoms with van der Waals surface area (Å²) in [6, 6.07) is 12.8. The van der Waals surface area contributed by atoms with Gasteiger partial charge in [0, 0.05) is 39.4 Å². The lowest BCUT2D eigenvalue weighted by Crippen LogP contribution is -2.43. The largest absolute Gasteiger partial charge is 0.354 e. The van der Waals surface area contributed by atoms with Gasteiger partial charge in [0.1, 0.15) is 11.5 Å². The highest BCUT2D eigenvalue weighted by molar-refractivity contribution is 7.93. The van der Waals surface area contributed by atoms with Crippen LogP contribution in [0.25, 0.3) is 11.1 Å². The Morgan fingerprint density at radius 1 is 1.10 bits per heavy atom. The van der Waals surface area contributed by atoms with Crippen LogP contribution in [-0.2, 0) is 22.6 Å². The number of rotatable bonds is 6. The minimum absolute atomic E-state index is 0.547. The standard InChI is InChI=1S/C21H27N6OS/c1-16-20(15-26(2)24-16)25-29(28-3)19-6-4-17(5-7-19)18-8-9-23-21(14-18)27-12-10-22-11-13-27/h4-9,14-15,22,25H,10-13H2,1-3H3/q+1. The summed E-state index contributed by atoms with van der Waals surface area (Å²) in [5.74, 6) is 1.04. The van der Waals surface area contributed by atoms with E-state index < -0.39 is 11.4 Å². The zero-order chi connectivity index (χ0) is 20.2. The molecule has 1 saturated heterocycles. The van der Waals surface area contributed by atoms with Crippen molar-refractivity contribution in [3.05, 3.63) is 54.5 Å². The van der Waals surface area contributed by atoms with Crippen LogP contribution < -0.4 is 14.9 Å². The molecule has 2 aromatic heterocycles. The van der Waals surface area contributed by atoms with Gasteiger partial charge in [-0.05, 0) is 54.4 Å². The van der Waals surface area contributed by atoms with Gasteiger partial charge in [-0.2, -0.15) is 9.82 Å². The first-order valence-corrected chi connectivity index (χ1v) is 10.9. The van der Waals surface area contributed by atoms with E-state index in [0.717, 1.165) is 48.3 Å². The molecule has 1 aliphatic heterocycles. The highest BCUT2D eigenvalue weighted by Crippen LogP contribution is 2.26. The first-order chi connectivity index (χ1) is 14.1. The number of aryl methyl sites for hydroxylation is 2. The predicted molar refractivity (Wildman–Crippen MR) is 119 cm³/mol. The van der Waals surface area contributed by atoms with E-state index in [0.29, 0.717) is 0 Å². The molecule has 152 valence electrons. The Morgan fingerprint density at radius 3 is 2.52 bits per heavy atom. The molecule has 0 spiro atoms. The fourth-order valence-electron chi connectivity index (χ4n) is 3.43. The third kappa shape index (κ3) is 4.55. The summed E-state index contributed by atoms with van der Waals surface area (Å²) in [5, 5.41) is 7.77. The molecule has 0 radical (unpaired) electrons. The molecule has 8 heteroatoms. The van der Waals surface area contributed by atoms with E-state index in [1.165, 1.54) is 11.1 Å². The monoisotopic (exact) mass is 411 g/mol. The average Bonchev–Trinajstić information content (AvgIpc) is 3.09. The molecule has 29 heavy (non-hydrogen) atoms. The number of aromatic nitrogens is 3. The van der Waals surface area contributed by atoms with Crippen LogP contribution in [0.4, 0.5) is 11.5 Å². The van der Waals surface area contributed by atoms with Crippen LogP contribution in [-0.4, -0.2) is 48.1 Å². The lowest BCUT2D eigenvalue weighted by molar-refractivity contribution is 0.475. The normalized spacial score (nSPS) is 15.3. The number of piperazine rings is 1. The number of anilines is 2. The fraction of sp³-hybridized carbons (Fsp3) is 0.333. The Bertz CT molecular complexity index is 952. The molecule has 7 nitrogen and oxygen atoms in total. The molecule has 1 aromatic carbocycles. The van der Waals surface area contributed by atoms with Gasteiger partial charge in [0.2, 0.25) is 4.90 Å². The van der Waals surface area contributed by atoms with Crippen molar-refractivity contribution in [2.45, 2.75) is 11.8 Å². The topological polar surface area (TPSA) is 67.2 Å². The molecule has 0 amide bonds. The molecular formula is C21H27N6OS+. The molecule has 2 N–H and O–H groups in total. The molecule has 3 aromatic rings. The van der Waals surface area contributed by atoms with E-state index in [4.69, 9.17) is 4.18 Å². The van der Waals surface area contributed by atoms with E-state index in [2.05, 4.69) is 61.4 Å². The van der Waals surface area contributed by atoms with Crippen LogP contribution in [0.3, 0.4) is 0 Å². The second kappa shape index (κ2) is 8.86. The maximum atomic E-state index is 5.71. The van der Waals surface area contributed by atoms with Gasteiger partial charge in [-0.1, -0.05) is 0 Å². The van der Waals surface area contributed by atoms with Gasteiger partial charge in [-0.15, -0.1) is 4.18 Å². The molecule has 4 rings (SSSR count). The van der Waals surface area contributed by atoms with Crippen molar-refractivity contribution in [1.29, 1.82) is 0 Å². The lowest BCUT2D eigenvalue weighted by Gasteiger charge is -2.28. The Labute approximate surface area is 174 Å². The summed E-state index contributed by atoms with van der Waals surface area (Å²) in [4.78, 5) is 7.99. The van der Waals surface area contributed by atoms with Crippen LogP contribution in [0.1, 0.15) is 5.69 Å². The quantitative estimate of drug-likeness (QED) is 0.608. The smallest absolute Gasteiger partial charge is 0.305 e. The molecule has 1 atom stereocenters. The first-order valence-electron chi connectivity index (χ1n) is 9.72. The van der Waals surface area contributed by atoms with Crippen molar-refractivity contribution in [2.75, 3.05) is 42.9 Å². The molecule has 0 bridgehead atoms. The van der Waals surface area contributed by atoms with Gasteiger partial charge >= 0.3 is 11.4 Å². The van der Waals surface area contributed by atoms with Crippen LogP contribution >= 0.6 is 0 Å². The summed E-state index contributed by atoms with van der Waals surface area (Å²) in [5.41, 5.74) is 4.28. The Balaban J connectivity index is 1.51. The maximum absolute atomic E-state index is 5.71. The molecular weight excluding hydrogens is 384 g/mol. The number of nitrogens with zero attached hydrogens (tertiary/aromatic N) is 4. The Hall–Kier alpha value is -2.55. The molecule has 3 heterocycles. The van der Waals surface area contributed by atoms with Gasteiger partial charge in [-0.25, -0.2) is 4.98 Å². The van der Waals surface area contributed by atoms with Crippen molar-refractivity contribution < 1.29 is 4.18 Å². The third-order valence-electron chi connectivity index (χ3n) is 4.97.